The van der Waals surface area contributed by atoms with E-state index in [1.54, 1.807) is 0 Å². The van der Waals surface area contributed by atoms with E-state index in [9.17, 15) is 0 Å². The lowest BCUT2D eigenvalue weighted by Gasteiger charge is -2.05. The average Bonchev–Trinajstić information content (AvgIpc) is 2.47. The zero-order chi connectivity index (χ0) is 14.7. The second-order valence-electron chi connectivity index (χ2n) is 5.18. The fourth-order valence-electron chi connectivity index (χ4n) is 1.98. The molecule has 0 aliphatic carbocycles. The van der Waals surface area contributed by atoms with Gasteiger partial charge in [-0.2, -0.15) is 0 Å². The minimum Gasteiger partial charge on any atom is -0.396 e. The molecule has 0 saturated heterocycles. The normalized spacial score (nSPS) is 11.5. The maximum absolute atomic E-state index is 8.58. The molecule has 0 fully saturated rings. The lowest BCUT2D eigenvalue weighted by Crippen LogP contribution is -2.02. The van der Waals surface area contributed by atoms with Crippen LogP contribution in [0, 0.1) is 0 Å². The maximum atomic E-state index is 8.58. The number of aliphatic hydroxyl groups excluding tert-OH is 1. The molecule has 0 spiro atoms. The van der Waals surface area contributed by atoms with E-state index in [-0.39, 0.29) is 6.61 Å². The van der Waals surface area contributed by atoms with Crippen LogP contribution in [0.25, 0.3) is 0 Å². The summed E-state index contributed by atoms with van der Waals surface area (Å²) in [4.78, 5) is 0. The van der Waals surface area contributed by atoms with Crippen molar-refractivity contribution in [2.45, 2.75) is 71.1 Å². The standard InChI is InChI=1S/C17H34O3/c1-2-3-4-5-6-7-9-12-15-19-17-20-16-13-10-8-11-14-18/h8,10,18H,2-7,9,11-17H2,1H3/b10-8-. The van der Waals surface area contributed by atoms with E-state index in [0.29, 0.717) is 13.4 Å². The van der Waals surface area contributed by atoms with Gasteiger partial charge in [-0.15, -0.1) is 0 Å². The number of rotatable bonds is 16. The summed E-state index contributed by atoms with van der Waals surface area (Å²) in [5.41, 5.74) is 0. The highest BCUT2D eigenvalue weighted by molar-refractivity contribution is 4.80. The monoisotopic (exact) mass is 286 g/mol. The molecule has 0 aromatic rings. The van der Waals surface area contributed by atoms with E-state index in [0.717, 1.165) is 25.9 Å². The Hall–Kier alpha value is -0.380. The van der Waals surface area contributed by atoms with Gasteiger partial charge >= 0.3 is 0 Å². The molecule has 120 valence electrons. The summed E-state index contributed by atoms with van der Waals surface area (Å²) in [6.07, 6.45) is 16.3. The summed E-state index contributed by atoms with van der Waals surface area (Å²) in [5, 5.41) is 8.58. The van der Waals surface area contributed by atoms with Crippen molar-refractivity contribution in [2.75, 3.05) is 26.6 Å². The number of hydrogen-bond donors (Lipinski definition) is 1. The lowest BCUT2D eigenvalue weighted by atomic mass is 10.1. The van der Waals surface area contributed by atoms with Crippen LogP contribution in [-0.4, -0.2) is 31.7 Å². The first-order valence-corrected chi connectivity index (χ1v) is 8.33. The predicted molar refractivity (Wildman–Crippen MR) is 84.8 cm³/mol. The molecular weight excluding hydrogens is 252 g/mol. The van der Waals surface area contributed by atoms with Crippen molar-refractivity contribution in [3.63, 3.8) is 0 Å². The zero-order valence-electron chi connectivity index (χ0n) is 13.3. The van der Waals surface area contributed by atoms with Crippen molar-refractivity contribution < 1.29 is 14.6 Å². The van der Waals surface area contributed by atoms with Gasteiger partial charge in [0.05, 0.1) is 6.61 Å². The summed E-state index contributed by atoms with van der Waals surface area (Å²) in [5.74, 6) is 0. The van der Waals surface area contributed by atoms with Crippen molar-refractivity contribution >= 4 is 0 Å². The fraction of sp³-hybridized carbons (Fsp3) is 0.882. The van der Waals surface area contributed by atoms with E-state index in [1.807, 2.05) is 12.2 Å². The molecule has 0 unspecified atom stereocenters. The van der Waals surface area contributed by atoms with Crippen LogP contribution in [0.4, 0.5) is 0 Å². The maximum Gasteiger partial charge on any atom is 0.146 e. The molecule has 1 N–H and O–H groups in total. The smallest absolute Gasteiger partial charge is 0.146 e. The molecule has 0 aliphatic heterocycles. The summed E-state index contributed by atoms with van der Waals surface area (Å²) in [6.45, 7) is 4.39. The third-order valence-electron chi connectivity index (χ3n) is 3.20. The Balaban J connectivity index is 2.96. The Morgan fingerprint density at radius 1 is 0.750 bits per heavy atom. The Morgan fingerprint density at radius 2 is 1.35 bits per heavy atom. The third-order valence-corrected chi connectivity index (χ3v) is 3.20. The van der Waals surface area contributed by atoms with Crippen LogP contribution >= 0.6 is 0 Å². The molecule has 0 aromatic heterocycles. The highest BCUT2D eigenvalue weighted by Gasteiger charge is 1.92. The van der Waals surface area contributed by atoms with Crippen molar-refractivity contribution in [1.29, 1.82) is 0 Å². The van der Waals surface area contributed by atoms with Gasteiger partial charge in [0.15, 0.2) is 0 Å². The van der Waals surface area contributed by atoms with E-state index in [4.69, 9.17) is 14.6 Å². The topological polar surface area (TPSA) is 38.7 Å². The molecule has 0 rings (SSSR count). The Labute approximate surface area is 125 Å². The van der Waals surface area contributed by atoms with E-state index >= 15 is 0 Å². The van der Waals surface area contributed by atoms with Gasteiger partial charge in [-0.25, -0.2) is 0 Å². The SMILES string of the molecule is CCCCCCCCCCOCOCC/C=C\CCO. The van der Waals surface area contributed by atoms with E-state index < -0.39 is 0 Å². The molecule has 0 amide bonds. The molecule has 0 saturated carbocycles. The van der Waals surface area contributed by atoms with Crippen LogP contribution in [0.5, 0.6) is 0 Å². The van der Waals surface area contributed by atoms with Crippen LogP contribution in [0.2, 0.25) is 0 Å². The first-order chi connectivity index (χ1) is 9.91. The summed E-state index contributed by atoms with van der Waals surface area (Å²) >= 11 is 0. The van der Waals surface area contributed by atoms with Gasteiger partial charge in [0.25, 0.3) is 0 Å². The van der Waals surface area contributed by atoms with Gasteiger partial charge in [-0.1, -0.05) is 64.0 Å². The highest BCUT2D eigenvalue weighted by atomic mass is 16.7. The van der Waals surface area contributed by atoms with Crippen LogP contribution in [0.1, 0.15) is 71.1 Å². The molecule has 3 nitrogen and oxygen atoms in total. The van der Waals surface area contributed by atoms with Crippen molar-refractivity contribution in [1.82, 2.24) is 0 Å². The number of ether oxygens (including phenoxy) is 2. The molecular formula is C17H34O3. The molecule has 0 heterocycles. The summed E-state index contributed by atoms with van der Waals surface area (Å²) < 4.78 is 10.8. The van der Waals surface area contributed by atoms with Crippen molar-refractivity contribution in [3.05, 3.63) is 12.2 Å². The Morgan fingerprint density at radius 3 is 2.05 bits per heavy atom. The second-order valence-corrected chi connectivity index (χ2v) is 5.18. The fourth-order valence-corrected chi connectivity index (χ4v) is 1.98. The van der Waals surface area contributed by atoms with E-state index in [2.05, 4.69) is 6.92 Å². The van der Waals surface area contributed by atoms with Gasteiger partial charge in [0, 0.05) is 13.2 Å². The van der Waals surface area contributed by atoms with Gasteiger partial charge in [0.2, 0.25) is 0 Å². The van der Waals surface area contributed by atoms with Crippen LogP contribution < -0.4 is 0 Å². The molecule has 0 bridgehead atoms. The predicted octanol–water partition coefficient (Wildman–Crippen LogP) is 4.45. The van der Waals surface area contributed by atoms with Crippen LogP contribution in [-0.2, 0) is 9.47 Å². The minimum atomic E-state index is 0.221. The Bertz CT molecular complexity index is 193. The van der Waals surface area contributed by atoms with Gasteiger partial charge in [-0.05, 0) is 19.3 Å². The summed E-state index contributed by atoms with van der Waals surface area (Å²) in [6, 6.07) is 0. The van der Waals surface area contributed by atoms with Crippen LogP contribution in [0.3, 0.4) is 0 Å². The van der Waals surface area contributed by atoms with Gasteiger partial charge in [0.1, 0.15) is 6.79 Å². The van der Waals surface area contributed by atoms with Crippen molar-refractivity contribution in [3.8, 4) is 0 Å². The molecule has 20 heavy (non-hydrogen) atoms. The molecule has 0 aromatic carbocycles. The van der Waals surface area contributed by atoms with Gasteiger partial charge < -0.3 is 14.6 Å². The first kappa shape index (κ1) is 19.6. The molecule has 3 heteroatoms. The van der Waals surface area contributed by atoms with Crippen molar-refractivity contribution in [2.24, 2.45) is 0 Å². The molecule has 0 aliphatic rings. The lowest BCUT2D eigenvalue weighted by molar-refractivity contribution is -0.0531. The Kier molecular flexibility index (Phi) is 18.3. The molecule has 0 atom stereocenters. The third kappa shape index (κ3) is 17.6. The van der Waals surface area contributed by atoms with Gasteiger partial charge in [-0.3, -0.25) is 0 Å². The van der Waals surface area contributed by atoms with Crippen LogP contribution in [0.15, 0.2) is 12.2 Å². The highest BCUT2D eigenvalue weighted by Crippen LogP contribution is 2.08. The quantitative estimate of drug-likeness (QED) is 0.259. The number of hydrogen-bond acceptors (Lipinski definition) is 3. The first-order valence-electron chi connectivity index (χ1n) is 8.33. The number of aliphatic hydroxyl groups is 1. The molecule has 0 radical (unpaired) electrons. The second kappa shape index (κ2) is 18.6. The minimum absolute atomic E-state index is 0.221. The largest absolute Gasteiger partial charge is 0.396 e. The zero-order valence-corrected chi connectivity index (χ0v) is 13.3. The number of unbranched alkanes of at least 4 members (excludes halogenated alkanes) is 7. The average molecular weight is 286 g/mol. The van der Waals surface area contributed by atoms with E-state index in [1.165, 1.54) is 44.9 Å². The summed E-state index contributed by atoms with van der Waals surface area (Å²) in [7, 11) is 0.